The van der Waals surface area contributed by atoms with Crippen LogP contribution in [-0.4, -0.2) is 65.1 Å². The predicted molar refractivity (Wildman–Crippen MR) is 133 cm³/mol. The third-order valence-electron chi connectivity index (χ3n) is 6.62. The molecule has 3 aromatic rings. The van der Waals surface area contributed by atoms with E-state index in [0.717, 1.165) is 43.0 Å². The van der Waals surface area contributed by atoms with Gasteiger partial charge >= 0.3 is 0 Å². The van der Waals surface area contributed by atoms with Gasteiger partial charge in [0, 0.05) is 38.3 Å². The van der Waals surface area contributed by atoms with Crippen LogP contribution >= 0.6 is 0 Å². The number of benzene rings is 2. The van der Waals surface area contributed by atoms with Gasteiger partial charge in [0.15, 0.2) is 0 Å². The molecule has 0 spiro atoms. The fourth-order valence-electron chi connectivity index (χ4n) is 4.67. The topological polar surface area (TPSA) is 64.6 Å². The van der Waals surface area contributed by atoms with Gasteiger partial charge in [-0.25, -0.2) is 15.4 Å². The molecule has 3 heterocycles. The zero-order valence-corrected chi connectivity index (χ0v) is 19.5. The first kappa shape index (κ1) is 22.3. The van der Waals surface area contributed by atoms with Crippen LogP contribution in [0.25, 0.3) is 0 Å². The summed E-state index contributed by atoms with van der Waals surface area (Å²) in [7, 11) is 2.13. The highest BCUT2D eigenvalue weighted by molar-refractivity contribution is 5.95. The lowest BCUT2D eigenvalue weighted by atomic mass is 9.87. The van der Waals surface area contributed by atoms with Crippen molar-refractivity contribution in [3.8, 4) is 0 Å². The summed E-state index contributed by atoms with van der Waals surface area (Å²) in [4.78, 5) is 27.9. The summed E-state index contributed by atoms with van der Waals surface area (Å²) >= 11 is 0. The first-order valence-corrected chi connectivity index (χ1v) is 11.7. The minimum Gasteiger partial charge on any atom is -0.338 e. The number of nitrogens with zero attached hydrogens (tertiary/aromatic N) is 5. The molecule has 7 heteroatoms. The Morgan fingerprint density at radius 2 is 1.71 bits per heavy atom. The third-order valence-corrected chi connectivity index (χ3v) is 6.62. The quantitative estimate of drug-likeness (QED) is 0.598. The highest BCUT2D eigenvalue weighted by atomic mass is 16.2. The van der Waals surface area contributed by atoms with Crippen LogP contribution < -0.4 is 10.3 Å². The molecule has 0 saturated carbocycles. The Labute approximate surface area is 200 Å². The second kappa shape index (κ2) is 9.75. The largest absolute Gasteiger partial charge is 0.338 e. The van der Waals surface area contributed by atoms with Gasteiger partial charge in [-0.05, 0) is 18.2 Å². The molecule has 1 aromatic heterocycles. The summed E-state index contributed by atoms with van der Waals surface area (Å²) in [5, 5.41) is 1.67. The Bertz CT molecular complexity index is 1140. The van der Waals surface area contributed by atoms with E-state index in [1.807, 2.05) is 54.6 Å². The minimum atomic E-state index is -0.216. The second-order valence-electron chi connectivity index (χ2n) is 8.92. The number of carbonyl (C=O) groups excluding carboxylic acids is 1. The number of hydrazine groups is 1. The molecule has 5 rings (SSSR count). The van der Waals surface area contributed by atoms with Gasteiger partial charge in [0.1, 0.15) is 0 Å². The molecule has 174 valence electrons. The number of fused-ring (bicyclic) bond motifs is 1. The maximum absolute atomic E-state index is 13.7. The van der Waals surface area contributed by atoms with Crippen molar-refractivity contribution in [3.05, 3.63) is 102 Å². The number of rotatable bonds is 5. The first-order chi connectivity index (χ1) is 16.6. The Kier molecular flexibility index (Phi) is 6.38. The summed E-state index contributed by atoms with van der Waals surface area (Å²) in [6.07, 6.45) is 3.58. The van der Waals surface area contributed by atoms with Crippen LogP contribution in [0, 0.1) is 0 Å². The van der Waals surface area contributed by atoms with Crippen molar-refractivity contribution < 1.29 is 4.79 Å². The number of nitrogens with one attached hydrogen (secondary N) is 1. The number of piperazine rings is 1. The summed E-state index contributed by atoms with van der Waals surface area (Å²) < 4.78 is 0. The molecule has 1 saturated heterocycles. The molecule has 2 atom stereocenters. The molecule has 2 aliphatic heterocycles. The maximum atomic E-state index is 13.7. The number of amides is 1. The maximum Gasteiger partial charge on any atom is 0.271 e. The standard InChI is InChI=1S/C27H30N6O/c1-3-23-24(21-12-8-5-9-13-21)25-22(18-28-27(29-25)32-16-14-31(2)15-17-32)26(34)33(30-23)19-20-10-6-4-7-11-20/h3-13,18,23-24,30H,1,14-17,19H2,2H3. The van der Waals surface area contributed by atoms with E-state index in [2.05, 4.69) is 46.0 Å². The highest BCUT2D eigenvalue weighted by Crippen LogP contribution is 2.34. The third kappa shape index (κ3) is 4.44. The Balaban J connectivity index is 1.59. The average Bonchev–Trinajstić information content (AvgIpc) is 2.99. The lowest BCUT2D eigenvalue weighted by Gasteiger charge is -2.33. The molecule has 2 unspecified atom stereocenters. The summed E-state index contributed by atoms with van der Waals surface area (Å²) in [5.41, 5.74) is 6.84. The van der Waals surface area contributed by atoms with E-state index in [4.69, 9.17) is 4.98 Å². The number of hydrogen-bond acceptors (Lipinski definition) is 6. The molecule has 34 heavy (non-hydrogen) atoms. The second-order valence-corrected chi connectivity index (χ2v) is 8.92. The zero-order chi connectivity index (χ0) is 23.5. The van der Waals surface area contributed by atoms with Gasteiger partial charge in [-0.3, -0.25) is 9.80 Å². The monoisotopic (exact) mass is 454 g/mol. The molecule has 1 fully saturated rings. The van der Waals surface area contributed by atoms with E-state index in [0.29, 0.717) is 18.1 Å². The number of aromatic nitrogens is 2. The molecule has 2 aromatic carbocycles. The first-order valence-electron chi connectivity index (χ1n) is 11.7. The van der Waals surface area contributed by atoms with Gasteiger partial charge < -0.3 is 9.80 Å². The highest BCUT2D eigenvalue weighted by Gasteiger charge is 2.36. The molecule has 0 radical (unpaired) electrons. The number of hydrogen-bond donors (Lipinski definition) is 1. The Hall–Kier alpha value is -3.55. The van der Waals surface area contributed by atoms with Crippen LogP contribution in [0.15, 0.2) is 79.5 Å². The lowest BCUT2D eigenvalue weighted by Crippen LogP contribution is -2.46. The van der Waals surface area contributed by atoms with E-state index < -0.39 is 0 Å². The zero-order valence-electron chi connectivity index (χ0n) is 19.5. The van der Waals surface area contributed by atoms with Crippen molar-refractivity contribution in [2.45, 2.75) is 18.5 Å². The number of anilines is 1. The van der Waals surface area contributed by atoms with Crippen LogP contribution in [0.4, 0.5) is 5.95 Å². The van der Waals surface area contributed by atoms with Crippen molar-refractivity contribution in [3.63, 3.8) is 0 Å². The fraction of sp³-hybridized carbons (Fsp3) is 0.296. The SMILES string of the molecule is C=CC1NN(Cc2ccccc2)C(=O)c2cnc(N3CCN(C)CC3)nc2C1c1ccccc1. The van der Waals surface area contributed by atoms with E-state index in [1.165, 1.54) is 0 Å². The van der Waals surface area contributed by atoms with Gasteiger partial charge in [-0.1, -0.05) is 66.7 Å². The van der Waals surface area contributed by atoms with Gasteiger partial charge in [0.2, 0.25) is 5.95 Å². The summed E-state index contributed by atoms with van der Waals surface area (Å²) in [6.45, 7) is 8.19. The van der Waals surface area contributed by atoms with E-state index in [9.17, 15) is 4.79 Å². The van der Waals surface area contributed by atoms with Crippen LogP contribution in [0.2, 0.25) is 0 Å². The smallest absolute Gasteiger partial charge is 0.271 e. The summed E-state index contributed by atoms with van der Waals surface area (Å²) in [5.74, 6) is 0.376. The molecular formula is C27H30N6O. The van der Waals surface area contributed by atoms with Crippen LogP contribution in [0.5, 0.6) is 0 Å². The number of likely N-dealkylation sites (N-methyl/N-ethyl adjacent to an activating group) is 1. The average molecular weight is 455 g/mol. The van der Waals surface area contributed by atoms with Gasteiger partial charge in [-0.2, -0.15) is 0 Å². The van der Waals surface area contributed by atoms with E-state index >= 15 is 0 Å². The van der Waals surface area contributed by atoms with Crippen molar-refractivity contribution in [2.75, 3.05) is 38.1 Å². The van der Waals surface area contributed by atoms with Crippen molar-refractivity contribution >= 4 is 11.9 Å². The minimum absolute atomic E-state index is 0.130. The molecule has 1 amide bonds. The molecule has 0 bridgehead atoms. The molecule has 7 nitrogen and oxygen atoms in total. The fourth-order valence-corrected chi connectivity index (χ4v) is 4.67. The van der Waals surface area contributed by atoms with Gasteiger partial charge in [0.25, 0.3) is 5.91 Å². The van der Waals surface area contributed by atoms with E-state index in [-0.39, 0.29) is 17.9 Å². The lowest BCUT2D eigenvalue weighted by molar-refractivity contribution is 0.0626. The summed E-state index contributed by atoms with van der Waals surface area (Å²) in [6, 6.07) is 20.0. The molecular weight excluding hydrogens is 424 g/mol. The van der Waals surface area contributed by atoms with Crippen LogP contribution in [-0.2, 0) is 6.54 Å². The molecule has 1 N–H and O–H groups in total. The van der Waals surface area contributed by atoms with Crippen LogP contribution in [0.3, 0.4) is 0 Å². The predicted octanol–water partition coefficient (Wildman–Crippen LogP) is 3.08. The normalized spacial score (nSPS) is 21.1. The van der Waals surface area contributed by atoms with E-state index in [1.54, 1.807) is 11.2 Å². The van der Waals surface area contributed by atoms with Crippen molar-refractivity contribution in [2.24, 2.45) is 0 Å². The Morgan fingerprint density at radius 1 is 1.03 bits per heavy atom. The Morgan fingerprint density at radius 3 is 2.38 bits per heavy atom. The number of carbonyl (C=O) groups is 1. The van der Waals surface area contributed by atoms with Gasteiger partial charge in [0.05, 0.1) is 23.8 Å². The van der Waals surface area contributed by atoms with Crippen LogP contribution in [0.1, 0.15) is 33.1 Å². The van der Waals surface area contributed by atoms with Crippen molar-refractivity contribution in [1.82, 2.24) is 25.3 Å². The van der Waals surface area contributed by atoms with Gasteiger partial charge in [-0.15, -0.1) is 6.58 Å². The molecule has 0 aliphatic carbocycles. The molecule has 2 aliphatic rings. The van der Waals surface area contributed by atoms with Crippen molar-refractivity contribution in [1.29, 1.82) is 0 Å².